The van der Waals surface area contributed by atoms with E-state index < -0.39 is 0 Å². The highest BCUT2D eigenvalue weighted by Crippen LogP contribution is 2.28. The molecule has 0 aliphatic carbocycles. The summed E-state index contributed by atoms with van der Waals surface area (Å²) in [7, 11) is 1.65. The fraction of sp³-hybridized carbons (Fsp3) is 0.550. The molecule has 150 valence electrons. The Kier molecular flexibility index (Phi) is 5.59. The molecule has 8 nitrogen and oxygen atoms in total. The lowest BCUT2D eigenvalue weighted by Crippen LogP contribution is -2.49. The molecule has 0 N–H and O–H groups in total. The number of rotatable bonds is 5. The highest BCUT2D eigenvalue weighted by molar-refractivity contribution is 5.93. The number of ether oxygens (including phenoxy) is 2. The van der Waals surface area contributed by atoms with Gasteiger partial charge in [-0.05, 0) is 30.7 Å². The molecule has 8 heteroatoms. The van der Waals surface area contributed by atoms with Crippen LogP contribution in [-0.4, -0.2) is 70.5 Å². The smallest absolute Gasteiger partial charge is 0.276 e. The minimum atomic E-state index is -0.111. The molecule has 3 heterocycles. The van der Waals surface area contributed by atoms with Gasteiger partial charge in [-0.2, -0.15) is 0 Å². The van der Waals surface area contributed by atoms with Gasteiger partial charge in [0, 0.05) is 26.2 Å². The highest BCUT2D eigenvalue weighted by Gasteiger charge is 2.31. The molecule has 0 spiro atoms. The summed E-state index contributed by atoms with van der Waals surface area (Å²) in [5.41, 5.74) is 2.25. The fourth-order valence-electron chi connectivity index (χ4n) is 3.84. The Hall–Kier alpha value is -2.45. The van der Waals surface area contributed by atoms with E-state index in [0.29, 0.717) is 18.8 Å². The number of carbonyl (C=O) groups excluding carboxylic acids is 1. The van der Waals surface area contributed by atoms with Crippen LogP contribution >= 0.6 is 0 Å². The fourth-order valence-corrected chi connectivity index (χ4v) is 3.84. The van der Waals surface area contributed by atoms with Crippen LogP contribution in [0.5, 0.6) is 5.75 Å². The largest absolute Gasteiger partial charge is 0.497 e. The second-order valence-corrected chi connectivity index (χ2v) is 7.27. The molecule has 4 rings (SSSR count). The summed E-state index contributed by atoms with van der Waals surface area (Å²) < 4.78 is 13.0. The Morgan fingerprint density at radius 2 is 1.96 bits per heavy atom. The zero-order valence-electron chi connectivity index (χ0n) is 16.5. The first-order valence-electron chi connectivity index (χ1n) is 9.89. The summed E-state index contributed by atoms with van der Waals surface area (Å²) in [5.74, 6) is 0.775. The van der Waals surface area contributed by atoms with Crippen LogP contribution in [0.2, 0.25) is 0 Å². The molecule has 1 aromatic heterocycles. The quantitative estimate of drug-likeness (QED) is 0.781. The molecule has 1 unspecified atom stereocenters. The third-order valence-corrected chi connectivity index (χ3v) is 5.49. The Morgan fingerprint density at radius 1 is 1.21 bits per heavy atom. The van der Waals surface area contributed by atoms with E-state index in [2.05, 4.69) is 22.1 Å². The third kappa shape index (κ3) is 3.74. The number of hydrogen-bond acceptors (Lipinski definition) is 6. The predicted molar refractivity (Wildman–Crippen MR) is 103 cm³/mol. The standard InChI is InChI=1S/C20H27N5O3/c1-3-8-23-9-11-24(12-10-23)20(26)19-17-14-28-18(13-25(17)22-21-19)15-4-6-16(27-2)7-5-15/h4-7,18H,3,8-14H2,1-2H3. The van der Waals surface area contributed by atoms with Gasteiger partial charge in [0.2, 0.25) is 0 Å². The first-order chi connectivity index (χ1) is 13.7. The van der Waals surface area contributed by atoms with Crippen LogP contribution in [-0.2, 0) is 17.9 Å². The predicted octanol–water partition coefficient (Wildman–Crippen LogP) is 1.73. The summed E-state index contributed by atoms with van der Waals surface area (Å²) >= 11 is 0. The van der Waals surface area contributed by atoms with Gasteiger partial charge in [-0.1, -0.05) is 24.3 Å². The molecule has 28 heavy (non-hydrogen) atoms. The van der Waals surface area contributed by atoms with Crippen molar-refractivity contribution < 1.29 is 14.3 Å². The number of nitrogens with zero attached hydrogens (tertiary/aromatic N) is 5. The Bertz CT molecular complexity index is 812. The average molecular weight is 385 g/mol. The minimum Gasteiger partial charge on any atom is -0.497 e. The zero-order chi connectivity index (χ0) is 19.5. The highest BCUT2D eigenvalue weighted by atomic mass is 16.5. The van der Waals surface area contributed by atoms with Gasteiger partial charge in [0.1, 0.15) is 11.9 Å². The van der Waals surface area contributed by atoms with Gasteiger partial charge in [0.25, 0.3) is 5.91 Å². The molecule has 2 aliphatic rings. The lowest BCUT2D eigenvalue weighted by Gasteiger charge is -2.34. The topological polar surface area (TPSA) is 72.7 Å². The maximum Gasteiger partial charge on any atom is 0.276 e. The number of piperazine rings is 1. The molecular formula is C20H27N5O3. The summed E-state index contributed by atoms with van der Waals surface area (Å²) in [6.07, 6.45) is 1.03. The molecule has 1 amide bonds. The number of aromatic nitrogens is 3. The minimum absolute atomic E-state index is 0.0381. The van der Waals surface area contributed by atoms with E-state index in [4.69, 9.17) is 9.47 Å². The van der Waals surface area contributed by atoms with E-state index in [1.165, 1.54) is 0 Å². The van der Waals surface area contributed by atoms with Crippen molar-refractivity contribution in [3.05, 3.63) is 41.2 Å². The van der Waals surface area contributed by atoms with Gasteiger partial charge in [-0.3, -0.25) is 9.69 Å². The van der Waals surface area contributed by atoms with Gasteiger partial charge in [-0.25, -0.2) is 4.68 Å². The Labute approximate surface area is 165 Å². The Balaban J connectivity index is 1.43. The van der Waals surface area contributed by atoms with Crippen LogP contribution in [0.4, 0.5) is 0 Å². The lowest BCUT2D eigenvalue weighted by molar-refractivity contribution is -0.00206. The van der Waals surface area contributed by atoms with E-state index in [0.717, 1.165) is 56.2 Å². The van der Waals surface area contributed by atoms with Crippen molar-refractivity contribution in [2.75, 3.05) is 39.8 Å². The SMILES string of the molecule is CCCN1CCN(C(=O)c2nnn3c2COC(c2ccc(OC)cc2)C3)CC1. The van der Waals surface area contributed by atoms with E-state index in [-0.39, 0.29) is 12.0 Å². The average Bonchev–Trinajstić information content (AvgIpc) is 3.17. The van der Waals surface area contributed by atoms with Gasteiger partial charge in [0.05, 0.1) is 26.0 Å². The van der Waals surface area contributed by atoms with Gasteiger partial charge in [-0.15, -0.1) is 5.10 Å². The molecule has 1 fully saturated rings. The summed E-state index contributed by atoms with van der Waals surface area (Å²) in [4.78, 5) is 17.2. The number of methoxy groups -OCH3 is 1. The van der Waals surface area contributed by atoms with Crippen molar-refractivity contribution in [1.82, 2.24) is 24.8 Å². The molecule has 0 saturated carbocycles. The van der Waals surface area contributed by atoms with Crippen LogP contribution in [0.1, 0.15) is 41.2 Å². The summed E-state index contributed by atoms with van der Waals surface area (Å²) in [6.45, 7) is 7.45. The van der Waals surface area contributed by atoms with E-state index >= 15 is 0 Å². The normalized spacial score (nSPS) is 20.1. The van der Waals surface area contributed by atoms with Gasteiger partial charge < -0.3 is 14.4 Å². The van der Waals surface area contributed by atoms with E-state index in [1.807, 2.05) is 29.2 Å². The molecule has 2 aliphatic heterocycles. The van der Waals surface area contributed by atoms with Crippen molar-refractivity contribution in [2.24, 2.45) is 0 Å². The van der Waals surface area contributed by atoms with E-state index in [1.54, 1.807) is 11.8 Å². The van der Waals surface area contributed by atoms with Gasteiger partial charge in [0.15, 0.2) is 5.69 Å². The number of amides is 1. The Morgan fingerprint density at radius 3 is 2.64 bits per heavy atom. The molecule has 1 atom stereocenters. The third-order valence-electron chi connectivity index (χ3n) is 5.49. The van der Waals surface area contributed by atoms with Crippen molar-refractivity contribution in [3.8, 4) is 5.75 Å². The van der Waals surface area contributed by atoms with Crippen LogP contribution in [0.15, 0.2) is 24.3 Å². The van der Waals surface area contributed by atoms with Crippen LogP contribution in [0, 0.1) is 0 Å². The molecular weight excluding hydrogens is 358 g/mol. The van der Waals surface area contributed by atoms with Gasteiger partial charge >= 0.3 is 0 Å². The number of hydrogen-bond donors (Lipinski definition) is 0. The number of benzene rings is 1. The first-order valence-corrected chi connectivity index (χ1v) is 9.89. The monoisotopic (exact) mass is 385 g/mol. The van der Waals surface area contributed by atoms with Crippen molar-refractivity contribution >= 4 is 5.91 Å². The second-order valence-electron chi connectivity index (χ2n) is 7.27. The zero-order valence-corrected chi connectivity index (χ0v) is 16.5. The molecule has 1 saturated heterocycles. The molecule has 2 aromatic rings. The van der Waals surface area contributed by atoms with Crippen molar-refractivity contribution in [1.29, 1.82) is 0 Å². The van der Waals surface area contributed by atoms with Crippen LogP contribution < -0.4 is 4.74 Å². The number of fused-ring (bicyclic) bond motifs is 1. The maximum absolute atomic E-state index is 12.9. The van der Waals surface area contributed by atoms with Crippen LogP contribution in [0.25, 0.3) is 0 Å². The first kappa shape index (κ1) is 18.9. The lowest BCUT2D eigenvalue weighted by atomic mass is 10.1. The van der Waals surface area contributed by atoms with Crippen molar-refractivity contribution in [2.45, 2.75) is 32.6 Å². The molecule has 0 radical (unpaired) electrons. The molecule has 0 bridgehead atoms. The maximum atomic E-state index is 12.9. The van der Waals surface area contributed by atoms with E-state index in [9.17, 15) is 4.79 Å². The second kappa shape index (κ2) is 8.28. The van der Waals surface area contributed by atoms with Crippen molar-refractivity contribution in [3.63, 3.8) is 0 Å². The molecule has 1 aromatic carbocycles. The summed E-state index contributed by atoms with van der Waals surface area (Å²) in [5, 5.41) is 8.42. The van der Waals surface area contributed by atoms with Crippen LogP contribution in [0.3, 0.4) is 0 Å². The summed E-state index contributed by atoms with van der Waals surface area (Å²) in [6, 6.07) is 7.83. The number of carbonyl (C=O) groups is 1.